The van der Waals surface area contributed by atoms with Crippen molar-refractivity contribution in [1.82, 2.24) is 20.1 Å². The number of para-hydroxylation sites is 2. The lowest BCUT2D eigenvalue weighted by Gasteiger charge is -1.93. The minimum absolute atomic E-state index is 0.294. The first-order valence-electron chi connectivity index (χ1n) is 6.94. The minimum Gasteiger partial charge on any atom is -0.338 e. The Morgan fingerprint density at radius 2 is 1.87 bits per heavy atom. The van der Waals surface area contributed by atoms with Crippen LogP contribution in [0.2, 0.25) is 0 Å². The van der Waals surface area contributed by atoms with E-state index in [4.69, 9.17) is 4.52 Å². The van der Waals surface area contributed by atoms with Gasteiger partial charge in [0, 0.05) is 5.56 Å². The Bertz CT molecular complexity index is 915. The van der Waals surface area contributed by atoms with E-state index in [1.165, 1.54) is 23.9 Å². The number of aromatic nitrogens is 4. The first-order chi connectivity index (χ1) is 11.3. The van der Waals surface area contributed by atoms with E-state index in [1.807, 2.05) is 24.3 Å². The van der Waals surface area contributed by atoms with Crippen LogP contribution in [0, 0.1) is 5.82 Å². The topological polar surface area (TPSA) is 67.6 Å². The maximum absolute atomic E-state index is 12.9. The number of aromatic amines is 1. The van der Waals surface area contributed by atoms with Crippen molar-refractivity contribution < 1.29 is 8.91 Å². The summed E-state index contributed by atoms with van der Waals surface area (Å²) < 4.78 is 18.2. The lowest BCUT2D eigenvalue weighted by Crippen LogP contribution is -1.84. The number of benzene rings is 2. The van der Waals surface area contributed by atoms with Gasteiger partial charge in [0.25, 0.3) is 0 Å². The monoisotopic (exact) mass is 326 g/mol. The van der Waals surface area contributed by atoms with E-state index >= 15 is 0 Å². The molecule has 2 aromatic carbocycles. The number of nitrogens with one attached hydrogen (secondary N) is 1. The van der Waals surface area contributed by atoms with Gasteiger partial charge >= 0.3 is 0 Å². The molecule has 1 N–H and O–H groups in total. The molecule has 5 nitrogen and oxygen atoms in total. The number of imidazole rings is 1. The average Bonchev–Trinajstić information content (AvgIpc) is 3.20. The van der Waals surface area contributed by atoms with Crippen LogP contribution < -0.4 is 0 Å². The van der Waals surface area contributed by atoms with Crippen LogP contribution in [-0.2, 0) is 5.75 Å². The maximum Gasteiger partial charge on any atom is 0.237 e. The second-order valence-electron chi connectivity index (χ2n) is 4.87. The highest BCUT2D eigenvalue weighted by Crippen LogP contribution is 2.23. The quantitative estimate of drug-likeness (QED) is 0.573. The summed E-state index contributed by atoms with van der Waals surface area (Å²) in [5, 5.41) is 4.72. The average molecular weight is 326 g/mol. The van der Waals surface area contributed by atoms with Crippen molar-refractivity contribution in [2.24, 2.45) is 0 Å². The zero-order valence-corrected chi connectivity index (χ0v) is 12.7. The van der Waals surface area contributed by atoms with Gasteiger partial charge in [0.15, 0.2) is 5.16 Å². The third kappa shape index (κ3) is 2.95. The molecule has 2 heterocycles. The molecule has 0 fully saturated rings. The Morgan fingerprint density at radius 1 is 1.04 bits per heavy atom. The molecule has 0 bridgehead atoms. The van der Waals surface area contributed by atoms with Crippen LogP contribution in [0.5, 0.6) is 0 Å². The Hall–Kier alpha value is -2.67. The van der Waals surface area contributed by atoms with Crippen molar-refractivity contribution in [2.75, 3.05) is 0 Å². The summed E-state index contributed by atoms with van der Waals surface area (Å²) in [6, 6.07) is 13.8. The minimum atomic E-state index is -0.294. The number of rotatable bonds is 4. The Labute approximate surface area is 134 Å². The molecule has 0 atom stereocenters. The molecule has 4 rings (SSSR count). The van der Waals surface area contributed by atoms with Gasteiger partial charge in [0.1, 0.15) is 5.82 Å². The van der Waals surface area contributed by atoms with E-state index in [-0.39, 0.29) is 5.82 Å². The molecular weight excluding hydrogens is 315 g/mol. The van der Waals surface area contributed by atoms with Crippen LogP contribution in [0.1, 0.15) is 5.89 Å². The zero-order chi connectivity index (χ0) is 15.6. The second kappa shape index (κ2) is 5.85. The van der Waals surface area contributed by atoms with Gasteiger partial charge in [0.2, 0.25) is 11.7 Å². The molecule has 0 aliphatic carbocycles. The molecule has 23 heavy (non-hydrogen) atoms. The maximum atomic E-state index is 12.9. The van der Waals surface area contributed by atoms with E-state index in [0.717, 1.165) is 21.8 Å². The summed E-state index contributed by atoms with van der Waals surface area (Å²) in [4.78, 5) is 12.0. The molecule has 0 aliphatic rings. The van der Waals surface area contributed by atoms with E-state index < -0.39 is 0 Å². The molecule has 2 aromatic heterocycles. The lowest BCUT2D eigenvalue weighted by atomic mass is 10.2. The molecule has 0 saturated carbocycles. The van der Waals surface area contributed by atoms with Gasteiger partial charge in [-0.3, -0.25) is 0 Å². The van der Waals surface area contributed by atoms with Crippen LogP contribution in [0.4, 0.5) is 4.39 Å². The number of fused-ring (bicyclic) bond motifs is 1. The zero-order valence-electron chi connectivity index (χ0n) is 11.9. The van der Waals surface area contributed by atoms with E-state index in [0.29, 0.717) is 17.5 Å². The smallest absolute Gasteiger partial charge is 0.237 e. The molecule has 7 heteroatoms. The van der Waals surface area contributed by atoms with Gasteiger partial charge in [-0.2, -0.15) is 4.98 Å². The largest absolute Gasteiger partial charge is 0.338 e. The number of H-pyrrole nitrogens is 1. The molecule has 0 radical (unpaired) electrons. The molecule has 0 amide bonds. The Kier molecular flexibility index (Phi) is 3.55. The fourth-order valence-corrected chi connectivity index (χ4v) is 2.88. The Morgan fingerprint density at radius 3 is 2.70 bits per heavy atom. The molecule has 0 unspecified atom stereocenters. The third-order valence-corrected chi connectivity index (χ3v) is 4.13. The molecule has 4 aromatic rings. The van der Waals surface area contributed by atoms with Crippen LogP contribution in [0.3, 0.4) is 0 Å². The third-order valence-electron chi connectivity index (χ3n) is 3.27. The van der Waals surface area contributed by atoms with Gasteiger partial charge in [-0.25, -0.2) is 9.37 Å². The summed E-state index contributed by atoms with van der Waals surface area (Å²) in [5.41, 5.74) is 2.63. The molecule has 0 aliphatic heterocycles. The van der Waals surface area contributed by atoms with Gasteiger partial charge in [-0.15, -0.1) is 0 Å². The fourth-order valence-electron chi connectivity index (χ4n) is 2.16. The molecular formula is C16H11FN4OS. The van der Waals surface area contributed by atoms with Crippen LogP contribution in [-0.4, -0.2) is 20.1 Å². The number of thioether (sulfide) groups is 1. The standard InChI is InChI=1S/C16H11FN4OS/c17-11-7-5-10(6-8-11)15-20-14(22-21-15)9-23-16-18-12-3-1-2-4-13(12)19-16/h1-8H,9H2,(H,18,19). The Balaban J connectivity index is 1.48. The van der Waals surface area contributed by atoms with Gasteiger partial charge < -0.3 is 9.51 Å². The second-order valence-corrected chi connectivity index (χ2v) is 5.83. The van der Waals surface area contributed by atoms with E-state index in [9.17, 15) is 4.39 Å². The number of hydrogen-bond donors (Lipinski definition) is 1. The van der Waals surface area contributed by atoms with Crippen LogP contribution in [0.25, 0.3) is 22.4 Å². The van der Waals surface area contributed by atoms with Gasteiger partial charge in [-0.1, -0.05) is 29.1 Å². The van der Waals surface area contributed by atoms with Crippen molar-refractivity contribution in [1.29, 1.82) is 0 Å². The SMILES string of the molecule is Fc1ccc(-c2noc(CSc3nc4ccccc4[nH]3)n2)cc1. The first-order valence-corrected chi connectivity index (χ1v) is 7.92. The molecule has 114 valence electrons. The summed E-state index contributed by atoms with van der Waals surface area (Å²) in [6.45, 7) is 0. The number of halogens is 1. The van der Waals surface area contributed by atoms with Crippen molar-refractivity contribution in [3.63, 3.8) is 0 Å². The highest BCUT2D eigenvalue weighted by Gasteiger charge is 2.10. The number of hydrogen-bond acceptors (Lipinski definition) is 5. The summed E-state index contributed by atoms with van der Waals surface area (Å²) >= 11 is 1.49. The fraction of sp³-hybridized carbons (Fsp3) is 0.0625. The molecule has 0 spiro atoms. The first kappa shape index (κ1) is 14.0. The highest BCUT2D eigenvalue weighted by atomic mass is 32.2. The van der Waals surface area contributed by atoms with Crippen molar-refractivity contribution >= 4 is 22.8 Å². The highest BCUT2D eigenvalue weighted by molar-refractivity contribution is 7.98. The predicted octanol–water partition coefficient (Wildman–Crippen LogP) is 4.04. The van der Waals surface area contributed by atoms with E-state index in [1.54, 1.807) is 12.1 Å². The van der Waals surface area contributed by atoms with E-state index in [2.05, 4.69) is 20.1 Å². The normalized spacial score (nSPS) is 11.2. The van der Waals surface area contributed by atoms with Crippen molar-refractivity contribution in [2.45, 2.75) is 10.9 Å². The van der Waals surface area contributed by atoms with Crippen LogP contribution in [0.15, 0.2) is 58.2 Å². The lowest BCUT2D eigenvalue weighted by molar-refractivity contribution is 0.391. The van der Waals surface area contributed by atoms with Crippen molar-refractivity contribution in [3.05, 3.63) is 60.2 Å². The summed E-state index contributed by atoms with van der Waals surface area (Å²) in [7, 11) is 0. The number of nitrogens with zero attached hydrogens (tertiary/aromatic N) is 3. The molecule has 0 saturated heterocycles. The summed E-state index contributed by atoms with van der Waals surface area (Å²) in [6.07, 6.45) is 0. The van der Waals surface area contributed by atoms with Crippen molar-refractivity contribution in [3.8, 4) is 11.4 Å². The predicted molar refractivity (Wildman–Crippen MR) is 85.3 cm³/mol. The van der Waals surface area contributed by atoms with Gasteiger partial charge in [-0.05, 0) is 36.4 Å². The van der Waals surface area contributed by atoms with Crippen LogP contribution >= 0.6 is 11.8 Å². The summed E-state index contributed by atoms with van der Waals surface area (Å²) in [5.74, 6) is 1.16. The van der Waals surface area contributed by atoms with Gasteiger partial charge in [0.05, 0.1) is 16.8 Å².